The lowest BCUT2D eigenvalue weighted by molar-refractivity contribution is -0.126. The number of hydrogen-bond acceptors (Lipinski definition) is 4. The Kier molecular flexibility index (Phi) is 6.95. The maximum atomic E-state index is 12.5. The minimum atomic E-state index is -3.60. The van der Waals surface area contributed by atoms with E-state index in [1.165, 1.54) is 12.1 Å². The molecule has 0 aliphatic carbocycles. The van der Waals surface area contributed by atoms with E-state index in [1.807, 2.05) is 24.3 Å². The zero-order valence-corrected chi connectivity index (χ0v) is 17.6. The third-order valence-electron chi connectivity index (χ3n) is 4.79. The zero-order chi connectivity index (χ0) is 20.9. The number of ether oxygens (including phenoxy) is 1. The van der Waals surface area contributed by atoms with Gasteiger partial charge in [0.05, 0.1) is 12.0 Å². The summed E-state index contributed by atoms with van der Waals surface area (Å²) in [7, 11) is -2.00. The average Bonchev–Trinajstić information content (AvgIpc) is 2.73. The summed E-state index contributed by atoms with van der Waals surface area (Å²) in [5.41, 5.74) is 0.907. The van der Waals surface area contributed by atoms with E-state index in [0.717, 1.165) is 11.3 Å². The number of likely N-dealkylation sites (tertiary alicyclic amines) is 1. The number of amides is 1. The molecule has 6 nitrogen and oxygen atoms in total. The van der Waals surface area contributed by atoms with Crippen molar-refractivity contribution < 1.29 is 17.9 Å². The van der Waals surface area contributed by atoms with Gasteiger partial charge in [-0.05, 0) is 60.9 Å². The van der Waals surface area contributed by atoms with Crippen molar-refractivity contribution >= 4 is 33.6 Å². The molecule has 1 fully saturated rings. The van der Waals surface area contributed by atoms with Crippen LogP contribution in [0.25, 0.3) is 6.08 Å². The summed E-state index contributed by atoms with van der Waals surface area (Å²) in [6.45, 7) is 0.999. The fraction of sp³-hybridized carbons (Fsp3) is 0.286. The normalized spacial score (nSPS) is 15.6. The molecule has 0 saturated carbocycles. The molecule has 29 heavy (non-hydrogen) atoms. The summed E-state index contributed by atoms with van der Waals surface area (Å²) in [6, 6.07) is 13.3. The van der Waals surface area contributed by atoms with E-state index in [2.05, 4.69) is 4.72 Å². The van der Waals surface area contributed by atoms with Gasteiger partial charge in [0.15, 0.2) is 0 Å². The highest BCUT2D eigenvalue weighted by atomic mass is 35.5. The molecule has 0 spiro atoms. The van der Waals surface area contributed by atoms with Crippen molar-refractivity contribution in [2.45, 2.75) is 23.8 Å². The smallest absolute Gasteiger partial charge is 0.246 e. The maximum Gasteiger partial charge on any atom is 0.246 e. The van der Waals surface area contributed by atoms with E-state index in [4.69, 9.17) is 16.3 Å². The van der Waals surface area contributed by atoms with Crippen LogP contribution in [0.5, 0.6) is 5.75 Å². The number of rotatable bonds is 6. The third-order valence-corrected chi connectivity index (χ3v) is 6.57. The Morgan fingerprint density at radius 1 is 1.10 bits per heavy atom. The number of halogens is 1. The highest BCUT2D eigenvalue weighted by molar-refractivity contribution is 7.89. The minimum absolute atomic E-state index is 0.0835. The summed E-state index contributed by atoms with van der Waals surface area (Å²) in [4.78, 5) is 14.3. The van der Waals surface area contributed by atoms with Crippen molar-refractivity contribution in [3.8, 4) is 5.75 Å². The fourth-order valence-corrected chi connectivity index (χ4v) is 4.54. The number of carbonyl (C=O) groups excluding carboxylic acids is 1. The molecule has 1 N–H and O–H groups in total. The topological polar surface area (TPSA) is 75.7 Å². The summed E-state index contributed by atoms with van der Waals surface area (Å²) in [5.74, 6) is 0.677. The van der Waals surface area contributed by atoms with E-state index in [-0.39, 0.29) is 16.8 Å². The number of piperidine rings is 1. The van der Waals surface area contributed by atoms with Crippen LogP contribution in [0, 0.1) is 0 Å². The maximum absolute atomic E-state index is 12.5. The van der Waals surface area contributed by atoms with Gasteiger partial charge in [0, 0.05) is 30.2 Å². The van der Waals surface area contributed by atoms with E-state index < -0.39 is 10.0 Å². The van der Waals surface area contributed by atoms with Gasteiger partial charge in [0.1, 0.15) is 5.75 Å². The van der Waals surface area contributed by atoms with Crippen molar-refractivity contribution in [3.63, 3.8) is 0 Å². The number of methoxy groups -OCH3 is 1. The van der Waals surface area contributed by atoms with Gasteiger partial charge in [-0.15, -0.1) is 0 Å². The molecule has 2 aromatic carbocycles. The first-order valence-corrected chi connectivity index (χ1v) is 11.1. The highest BCUT2D eigenvalue weighted by Crippen LogP contribution is 2.18. The Labute approximate surface area is 176 Å². The van der Waals surface area contributed by atoms with Gasteiger partial charge in [-0.2, -0.15) is 0 Å². The van der Waals surface area contributed by atoms with Gasteiger partial charge < -0.3 is 9.64 Å². The molecule has 3 rings (SSSR count). The second kappa shape index (κ2) is 9.43. The van der Waals surface area contributed by atoms with E-state index in [1.54, 1.807) is 36.3 Å². The summed E-state index contributed by atoms with van der Waals surface area (Å²) in [5, 5.41) is 0.485. The van der Waals surface area contributed by atoms with Crippen molar-refractivity contribution in [1.82, 2.24) is 9.62 Å². The van der Waals surface area contributed by atoms with Crippen LogP contribution in [0.15, 0.2) is 59.5 Å². The second-order valence-electron chi connectivity index (χ2n) is 6.78. The third kappa shape index (κ3) is 5.82. The predicted octanol–water partition coefficient (Wildman–Crippen LogP) is 3.33. The molecule has 1 heterocycles. The first-order chi connectivity index (χ1) is 13.9. The average molecular weight is 435 g/mol. The monoisotopic (exact) mass is 434 g/mol. The lowest BCUT2D eigenvalue weighted by atomic mass is 10.1. The summed E-state index contributed by atoms with van der Waals surface area (Å²) < 4.78 is 32.8. The Balaban J connectivity index is 1.52. The van der Waals surface area contributed by atoms with Crippen molar-refractivity contribution in [1.29, 1.82) is 0 Å². The van der Waals surface area contributed by atoms with Crippen LogP contribution >= 0.6 is 11.6 Å². The predicted molar refractivity (Wildman–Crippen MR) is 113 cm³/mol. The van der Waals surface area contributed by atoms with Gasteiger partial charge in [0.2, 0.25) is 15.9 Å². The molecule has 1 amide bonds. The quantitative estimate of drug-likeness (QED) is 0.707. The highest BCUT2D eigenvalue weighted by Gasteiger charge is 2.26. The first kappa shape index (κ1) is 21.4. The zero-order valence-electron chi connectivity index (χ0n) is 16.0. The largest absolute Gasteiger partial charge is 0.497 e. The Morgan fingerprint density at radius 2 is 1.72 bits per heavy atom. The number of nitrogens with zero attached hydrogens (tertiary/aromatic N) is 1. The van der Waals surface area contributed by atoms with E-state index >= 15 is 0 Å². The van der Waals surface area contributed by atoms with Gasteiger partial charge in [-0.1, -0.05) is 23.7 Å². The first-order valence-electron chi connectivity index (χ1n) is 9.26. The number of benzene rings is 2. The molecule has 8 heteroatoms. The standard InChI is InChI=1S/C21H23ClN2O4S/c1-28-19-7-2-16(3-8-19)4-11-21(25)24-14-12-18(13-15-24)23-29(26,27)20-9-5-17(22)6-10-20/h2-11,18,23H,12-15H2,1H3/b11-4+. The summed E-state index contributed by atoms with van der Waals surface area (Å²) >= 11 is 5.81. The Bertz CT molecular complexity index is 965. The molecule has 2 aromatic rings. The van der Waals surface area contributed by atoms with Crippen LogP contribution < -0.4 is 9.46 Å². The fourth-order valence-electron chi connectivity index (χ4n) is 3.11. The molecule has 0 unspecified atom stereocenters. The lowest BCUT2D eigenvalue weighted by Gasteiger charge is -2.31. The van der Waals surface area contributed by atoms with E-state index in [9.17, 15) is 13.2 Å². The van der Waals surface area contributed by atoms with Gasteiger partial charge in [-0.25, -0.2) is 13.1 Å². The number of hydrogen-bond donors (Lipinski definition) is 1. The minimum Gasteiger partial charge on any atom is -0.497 e. The lowest BCUT2D eigenvalue weighted by Crippen LogP contribution is -2.46. The number of sulfonamides is 1. The molecule has 0 atom stereocenters. The van der Waals surface area contributed by atoms with Crippen LogP contribution in [0.3, 0.4) is 0 Å². The Morgan fingerprint density at radius 3 is 2.31 bits per heavy atom. The summed E-state index contributed by atoms with van der Waals surface area (Å²) in [6.07, 6.45) is 4.43. The van der Waals surface area contributed by atoms with Crippen LogP contribution in [-0.2, 0) is 14.8 Å². The van der Waals surface area contributed by atoms with Crippen LogP contribution in [-0.4, -0.2) is 45.5 Å². The number of carbonyl (C=O) groups is 1. The van der Waals surface area contributed by atoms with Crippen molar-refractivity contribution in [2.24, 2.45) is 0 Å². The molecule has 0 aromatic heterocycles. The molecular weight excluding hydrogens is 412 g/mol. The van der Waals surface area contributed by atoms with Crippen LogP contribution in [0.4, 0.5) is 0 Å². The van der Waals surface area contributed by atoms with Crippen molar-refractivity contribution in [2.75, 3.05) is 20.2 Å². The molecule has 1 saturated heterocycles. The molecule has 0 bridgehead atoms. The second-order valence-corrected chi connectivity index (χ2v) is 8.93. The van der Waals surface area contributed by atoms with Crippen LogP contribution in [0.1, 0.15) is 18.4 Å². The molecule has 1 aliphatic heterocycles. The van der Waals surface area contributed by atoms with E-state index in [0.29, 0.717) is 31.0 Å². The van der Waals surface area contributed by atoms with Crippen molar-refractivity contribution in [3.05, 3.63) is 65.2 Å². The number of nitrogens with one attached hydrogen (secondary N) is 1. The van der Waals surface area contributed by atoms with Gasteiger partial charge in [-0.3, -0.25) is 4.79 Å². The van der Waals surface area contributed by atoms with Crippen LogP contribution in [0.2, 0.25) is 5.02 Å². The Hall–Kier alpha value is -2.35. The molecular formula is C21H23ClN2O4S. The molecule has 1 aliphatic rings. The molecule has 154 valence electrons. The SMILES string of the molecule is COc1ccc(/C=C/C(=O)N2CCC(NS(=O)(=O)c3ccc(Cl)cc3)CC2)cc1. The van der Waals surface area contributed by atoms with Gasteiger partial charge >= 0.3 is 0 Å². The van der Waals surface area contributed by atoms with Gasteiger partial charge in [0.25, 0.3) is 0 Å². The molecule has 0 radical (unpaired) electrons.